The van der Waals surface area contributed by atoms with Gasteiger partial charge in [0.25, 0.3) is 5.92 Å². The van der Waals surface area contributed by atoms with Crippen LogP contribution < -0.4 is 0 Å². The first-order valence-corrected chi connectivity index (χ1v) is 8.83. The fraction of sp³-hybridized carbons (Fsp3) is 0.600. The van der Waals surface area contributed by atoms with Crippen molar-refractivity contribution in [1.29, 1.82) is 0 Å². The van der Waals surface area contributed by atoms with Crippen LogP contribution in [-0.4, -0.2) is 31.4 Å². The average Bonchev–Trinajstić information content (AvgIpc) is 2.76. The van der Waals surface area contributed by atoms with Crippen LogP contribution in [-0.2, 0) is 10.0 Å². The van der Waals surface area contributed by atoms with Crippen LogP contribution in [0.15, 0.2) is 24.3 Å². The summed E-state index contributed by atoms with van der Waals surface area (Å²) in [6.45, 7) is 1.65. The van der Waals surface area contributed by atoms with Crippen LogP contribution in [0.25, 0.3) is 0 Å². The van der Waals surface area contributed by atoms with Gasteiger partial charge >= 0.3 is 0 Å². The largest absolute Gasteiger partial charge is 0.251 e. The molecule has 0 aliphatic heterocycles. The Bertz CT molecular complexity index is 616. The second-order valence-electron chi connectivity index (χ2n) is 5.87. The Labute approximate surface area is 129 Å². The zero-order valence-electron chi connectivity index (χ0n) is 12.6. The third-order valence-corrected chi connectivity index (χ3v) is 6.43. The Morgan fingerprint density at radius 1 is 1.32 bits per heavy atom. The number of hydrogen-bond acceptors (Lipinski definition) is 2. The molecule has 2 unspecified atom stereocenters. The zero-order chi connectivity index (χ0) is 16.5. The van der Waals surface area contributed by atoms with Crippen LogP contribution in [0.2, 0.25) is 0 Å². The standard InChI is InChI=1S/C15H20F3NO2S/c1-11(12-5-7-14(16)8-6-12)19(2)22(20,21)10-13-4-3-9-15(13,17)18/h5-8,11,13H,3-4,9-10H2,1-2H3. The minimum atomic E-state index is -3.81. The highest BCUT2D eigenvalue weighted by atomic mass is 32.2. The summed E-state index contributed by atoms with van der Waals surface area (Å²) in [6.07, 6.45) is 0.333. The lowest BCUT2D eigenvalue weighted by atomic mass is 10.1. The van der Waals surface area contributed by atoms with E-state index in [9.17, 15) is 21.6 Å². The van der Waals surface area contributed by atoms with Gasteiger partial charge < -0.3 is 0 Å². The molecule has 22 heavy (non-hydrogen) atoms. The van der Waals surface area contributed by atoms with Crippen molar-refractivity contribution in [3.63, 3.8) is 0 Å². The van der Waals surface area contributed by atoms with Gasteiger partial charge in [-0.05, 0) is 37.5 Å². The second kappa shape index (κ2) is 6.20. The molecule has 1 fully saturated rings. The molecule has 0 N–H and O–H groups in total. The molecule has 124 valence electrons. The molecular formula is C15H20F3NO2S. The van der Waals surface area contributed by atoms with Crippen molar-refractivity contribution in [3.8, 4) is 0 Å². The predicted molar refractivity (Wildman–Crippen MR) is 78.7 cm³/mol. The Kier molecular flexibility index (Phi) is 4.87. The molecule has 1 aliphatic carbocycles. The molecule has 0 saturated heterocycles. The molecule has 1 aromatic carbocycles. The monoisotopic (exact) mass is 335 g/mol. The predicted octanol–water partition coefficient (Wildman–Crippen LogP) is 3.58. The third-order valence-electron chi connectivity index (χ3n) is 4.41. The van der Waals surface area contributed by atoms with Crippen molar-refractivity contribution in [2.45, 2.75) is 38.2 Å². The molecule has 2 atom stereocenters. The number of nitrogens with zero attached hydrogens (tertiary/aromatic N) is 1. The molecule has 0 radical (unpaired) electrons. The minimum Gasteiger partial charge on any atom is -0.212 e. The van der Waals surface area contributed by atoms with Gasteiger partial charge in [-0.2, -0.15) is 4.31 Å². The second-order valence-corrected chi connectivity index (χ2v) is 7.95. The highest BCUT2D eigenvalue weighted by Crippen LogP contribution is 2.41. The Hall–Kier alpha value is -1.08. The number of benzene rings is 1. The first-order valence-electron chi connectivity index (χ1n) is 7.22. The quantitative estimate of drug-likeness (QED) is 0.825. The molecule has 1 aromatic rings. The summed E-state index contributed by atoms with van der Waals surface area (Å²) in [6, 6.07) is 4.95. The molecule has 0 heterocycles. The normalized spacial score (nSPS) is 22.9. The molecule has 7 heteroatoms. The van der Waals surface area contributed by atoms with Gasteiger partial charge in [0.15, 0.2) is 0 Å². The van der Waals surface area contributed by atoms with E-state index in [1.165, 1.54) is 31.3 Å². The van der Waals surface area contributed by atoms with E-state index in [1.807, 2.05) is 0 Å². The van der Waals surface area contributed by atoms with Gasteiger partial charge in [-0.1, -0.05) is 12.1 Å². The van der Waals surface area contributed by atoms with E-state index in [0.717, 1.165) is 4.31 Å². The van der Waals surface area contributed by atoms with Crippen LogP contribution in [0.1, 0.15) is 37.8 Å². The summed E-state index contributed by atoms with van der Waals surface area (Å²) in [4.78, 5) is 0. The van der Waals surface area contributed by atoms with E-state index >= 15 is 0 Å². The minimum absolute atomic E-state index is 0.227. The Morgan fingerprint density at radius 2 is 1.91 bits per heavy atom. The maximum atomic E-state index is 13.6. The summed E-state index contributed by atoms with van der Waals surface area (Å²) in [7, 11) is -2.44. The lowest BCUT2D eigenvalue weighted by molar-refractivity contribution is -0.0290. The fourth-order valence-electron chi connectivity index (χ4n) is 2.77. The Morgan fingerprint density at radius 3 is 2.41 bits per heavy atom. The molecule has 0 amide bonds. The topological polar surface area (TPSA) is 37.4 Å². The molecule has 2 rings (SSSR count). The lowest BCUT2D eigenvalue weighted by Crippen LogP contribution is -2.37. The van der Waals surface area contributed by atoms with Crippen LogP contribution in [0.5, 0.6) is 0 Å². The van der Waals surface area contributed by atoms with Crippen LogP contribution in [0, 0.1) is 11.7 Å². The van der Waals surface area contributed by atoms with Crippen molar-refractivity contribution in [1.82, 2.24) is 4.31 Å². The molecule has 1 saturated carbocycles. The van der Waals surface area contributed by atoms with E-state index in [0.29, 0.717) is 12.0 Å². The van der Waals surface area contributed by atoms with E-state index in [-0.39, 0.29) is 12.8 Å². The van der Waals surface area contributed by atoms with Gasteiger partial charge in [-0.15, -0.1) is 0 Å². The van der Waals surface area contributed by atoms with Crippen LogP contribution in [0.3, 0.4) is 0 Å². The molecule has 0 bridgehead atoms. The number of alkyl halides is 2. The van der Waals surface area contributed by atoms with Gasteiger partial charge in [-0.25, -0.2) is 21.6 Å². The highest BCUT2D eigenvalue weighted by Gasteiger charge is 2.46. The number of rotatable bonds is 5. The maximum Gasteiger partial charge on any atom is 0.251 e. The third kappa shape index (κ3) is 3.63. The first kappa shape index (κ1) is 17.3. The molecular weight excluding hydrogens is 315 g/mol. The van der Waals surface area contributed by atoms with Gasteiger partial charge in [-0.3, -0.25) is 0 Å². The molecule has 0 spiro atoms. The number of hydrogen-bond donors (Lipinski definition) is 0. The van der Waals surface area contributed by atoms with Crippen molar-refractivity contribution < 1.29 is 21.6 Å². The molecule has 1 aliphatic rings. The van der Waals surface area contributed by atoms with E-state index in [4.69, 9.17) is 0 Å². The Balaban J connectivity index is 2.13. The first-order chi connectivity index (χ1) is 10.1. The molecule has 0 aromatic heterocycles. The SMILES string of the molecule is CC(c1ccc(F)cc1)N(C)S(=O)(=O)CC1CCCC1(F)F. The van der Waals surface area contributed by atoms with Crippen molar-refractivity contribution in [2.24, 2.45) is 5.92 Å². The lowest BCUT2D eigenvalue weighted by Gasteiger charge is -2.27. The molecule has 3 nitrogen and oxygen atoms in total. The summed E-state index contributed by atoms with van der Waals surface area (Å²) < 4.78 is 66.1. The van der Waals surface area contributed by atoms with E-state index < -0.39 is 39.5 Å². The van der Waals surface area contributed by atoms with Crippen LogP contribution >= 0.6 is 0 Å². The van der Waals surface area contributed by atoms with Gasteiger partial charge in [0.05, 0.1) is 5.75 Å². The van der Waals surface area contributed by atoms with Gasteiger partial charge in [0.2, 0.25) is 10.0 Å². The van der Waals surface area contributed by atoms with Crippen molar-refractivity contribution in [2.75, 3.05) is 12.8 Å². The van der Waals surface area contributed by atoms with Gasteiger partial charge in [0, 0.05) is 25.4 Å². The maximum absolute atomic E-state index is 13.6. The summed E-state index contributed by atoms with van der Waals surface area (Å²) in [5.41, 5.74) is 0.616. The van der Waals surface area contributed by atoms with Crippen molar-refractivity contribution >= 4 is 10.0 Å². The number of sulfonamides is 1. The zero-order valence-corrected chi connectivity index (χ0v) is 13.4. The van der Waals surface area contributed by atoms with E-state index in [1.54, 1.807) is 6.92 Å². The summed E-state index contributed by atoms with van der Waals surface area (Å²) in [5, 5.41) is 0. The van der Waals surface area contributed by atoms with Crippen LogP contribution in [0.4, 0.5) is 13.2 Å². The highest BCUT2D eigenvalue weighted by molar-refractivity contribution is 7.89. The van der Waals surface area contributed by atoms with Gasteiger partial charge in [0.1, 0.15) is 5.82 Å². The average molecular weight is 335 g/mol. The number of halogens is 3. The van der Waals surface area contributed by atoms with E-state index in [2.05, 4.69) is 0 Å². The fourth-order valence-corrected chi connectivity index (χ4v) is 4.53. The van der Waals surface area contributed by atoms with Crippen molar-refractivity contribution in [3.05, 3.63) is 35.6 Å². The summed E-state index contributed by atoms with van der Waals surface area (Å²) >= 11 is 0. The smallest absolute Gasteiger partial charge is 0.212 e. The summed E-state index contributed by atoms with van der Waals surface area (Å²) in [5.74, 6) is -5.00.